The molecule has 3 rings (SSSR count). The highest BCUT2D eigenvalue weighted by molar-refractivity contribution is 5.72. The normalized spacial score (nSPS) is 10.6. The van der Waals surface area contributed by atoms with Crippen LogP contribution in [0.25, 0.3) is 22.4 Å². The van der Waals surface area contributed by atoms with Gasteiger partial charge in [0, 0.05) is 11.8 Å². The van der Waals surface area contributed by atoms with Crippen molar-refractivity contribution in [2.75, 3.05) is 0 Å². The van der Waals surface area contributed by atoms with Gasteiger partial charge in [-0.25, -0.2) is 0 Å². The van der Waals surface area contributed by atoms with Crippen LogP contribution in [0.3, 0.4) is 0 Å². The smallest absolute Gasteiger partial charge is 0.0917 e. The van der Waals surface area contributed by atoms with E-state index < -0.39 is 0 Å². The molecule has 0 saturated carbocycles. The molecule has 104 valence electrons. The van der Waals surface area contributed by atoms with Crippen LogP contribution < -0.4 is 0 Å². The molecule has 0 saturated heterocycles. The van der Waals surface area contributed by atoms with E-state index >= 15 is 0 Å². The van der Waals surface area contributed by atoms with Gasteiger partial charge in [-0.15, -0.1) is 0 Å². The Hall–Kier alpha value is -2.48. The minimum absolute atomic E-state index is 0.954. The molecule has 0 fully saturated rings. The van der Waals surface area contributed by atoms with Gasteiger partial charge in [-0.2, -0.15) is 0 Å². The summed E-state index contributed by atoms with van der Waals surface area (Å²) in [4.78, 5) is 9.06. The first-order valence-corrected chi connectivity index (χ1v) is 7.12. The third-order valence-corrected chi connectivity index (χ3v) is 3.66. The van der Waals surface area contributed by atoms with Gasteiger partial charge in [0.2, 0.25) is 0 Å². The fourth-order valence-electron chi connectivity index (χ4n) is 2.60. The summed E-state index contributed by atoms with van der Waals surface area (Å²) in [7, 11) is 0. The number of benzene rings is 2. The van der Waals surface area contributed by atoms with E-state index in [1.807, 2.05) is 26.1 Å². The number of aryl methyl sites for hydroxylation is 3. The molecule has 0 aliphatic heterocycles. The van der Waals surface area contributed by atoms with E-state index in [4.69, 9.17) is 0 Å². The van der Waals surface area contributed by atoms with Gasteiger partial charge >= 0.3 is 0 Å². The Kier molecular flexibility index (Phi) is 3.53. The van der Waals surface area contributed by atoms with Crippen LogP contribution in [0.1, 0.15) is 17.0 Å². The zero-order valence-electron chi connectivity index (χ0n) is 12.6. The molecule has 2 nitrogen and oxygen atoms in total. The molecule has 2 heteroatoms. The summed E-state index contributed by atoms with van der Waals surface area (Å²) in [5.41, 5.74) is 7.74. The van der Waals surface area contributed by atoms with Gasteiger partial charge in [0.25, 0.3) is 0 Å². The molecule has 1 heterocycles. The molecule has 0 atom stereocenters. The molecule has 0 N–H and O–H groups in total. The van der Waals surface area contributed by atoms with Crippen LogP contribution in [0, 0.1) is 20.8 Å². The van der Waals surface area contributed by atoms with E-state index in [0.29, 0.717) is 0 Å². The second-order valence-corrected chi connectivity index (χ2v) is 5.34. The lowest BCUT2D eigenvalue weighted by Gasteiger charge is -2.10. The maximum absolute atomic E-state index is 4.55. The van der Waals surface area contributed by atoms with Crippen LogP contribution in [-0.2, 0) is 0 Å². The van der Waals surface area contributed by atoms with Crippen LogP contribution in [0.5, 0.6) is 0 Å². The van der Waals surface area contributed by atoms with Gasteiger partial charge < -0.3 is 0 Å². The Labute approximate surface area is 125 Å². The molecule has 0 spiro atoms. The third kappa shape index (κ3) is 2.70. The quantitative estimate of drug-likeness (QED) is 0.674. The van der Waals surface area contributed by atoms with Gasteiger partial charge in [0.05, 0.1) is 17.1 Å². The summed E-state index contributed by atoms with van der Waals surface area (Å²) < 4.78 is 0. The van der Waals surface area contributed by atoms with Gasteiger partial charge in [-0.1, -0.05) is 48.5 Å². The Morgan fingerprint density at radius 1 is 0.810 bits per heavy atom. The monoisotopic (exact) mass is 274 g/mol. The van der Waals surface area contributed by atoms with Crippen LogP contribution in [0.4, 0.5) is 0 Å². The highest BCUT2D eigenvalue weighted by Gasteiger charge is 2.09. The second kappa shape index (κ2) is 5.49. The van der Waals surface area contributed by atoms with Crippen molar-refractivity contribution in [3.8, 4) is 22.4 Å². The minimum Gasteiger partial charge on any atom is -0.255 e. The summed E-state index contributed by atoms with van der Waals surface area (Å²) >= 11 is 0. The second-order valence-electron chi connectivity index (χ2n) is 5.34. The molecule has 0 amide bonds. The molecular weight excluding hydrogens is 256 g/mol. The van der Waals surface area contributed by atoms with E-state index in [1.54, 1.807) is 0 Å². The van der Waals surface area contributed by atoms with Crippen molar-refractivity contribution in [1.82, 2.24) is 9.97 Å². The average molecular weight is 274 g/mol. The lowest BCUT2D eigenvalue weighted by atomic mass is 9.97. The zero-order chi connectivity index (χ0) is 14.8. The first-order chi connectivity index (χ1) is 10.1. The third-order valence-electron chi connectivity index (χ3n) is 3.66. The molecule has 1 aromatic heterocycles. The van der Waals surface area contributed by atoms with Crippen molar-refractivity contribution < 1.29 is 0 Å². The fourth-order valence-corrected chi connectivity index (χ4v) is 2.60. The summed E-state index contributed by atoms with van der Waals surface area (Å²) in [6.45, 7) is 6.11. The van der Waals surface area contributed by atoms with Crippen molar-refractivity contribution in [3.05, 3.63) is 71.7 Å². The van der Waals surface area contributed by atoms with Crippen LogP contribution >= 0.6 is 0 Å². The maximum Gasteiger partial charge on any atom is 0.0917 e. The topological polar surface area (TPSA) is 25.8 Å². The minimum atomic E-state index is 0.954. The molecule has 0 bridgehead atoms. The van der Waals surface area contributed by atoms with E-state index in [0.717, 1.165) is 22.6 Å². The van der Waals surface area contributed by atoms with E-state index in [1.165, 1.54) is 16.7 Å². The van der Waals surface area contributed by atoms with Crippen molar-refractivity contribution in [1.29, 1.82) is 0 Å². The molecular formula is C19H18N2. The molecule has 0 aliphatic carbocycles. The Morgan fingerprint density at radius 2 is 1.57 bits per heavy atom. The molecule has 2 aromatic carbocycles. The number of aromatic nitrogens is 2. The van der Waals surface area contributed by atoms with Crippen molar-refractivity contribution in [2.45, 2.75) is 20.8 Å². The molecule has 0 radical (unpaired) electrons. The Bertz CT molecular complexity index is 777. The lowest BCUT2D eigenvalue weighted by molar-refractivity contribution is 1.06. The summed E-state index contributed by atoms with van der Waals surface area (Å²) in [6, 6.07) is 16.9. The van der Waals surface area contributed by atoms with Crippen molar-refractivity contribution in [3.63, 3.8) is 0 Å². The van der Waals surface area contributed by atoms with E-state index in [9.17, 15) is 0 Å². The number of nitrogens with zero attached hydrogens (tertiary/aromatic N) is 2. The van der Waals surface area contributed by atoms with Gasteiger partial charge in [0.1, 0.15) is 0 Å². The molecule has 0 unspecified atom stereocenters. The number of hydrogen-bond acceptors (Lipinski definition) is 2. The maximum atomic E-state index is 4.55. The van der Waals surface area contributed by atoms with Crippen LogP contribution in [-0.4, -0.2) is 9.97 Å². The summed E-state index contributed by atoms with van der Waals surface area (Å²) in [6.07, 6.45) is 1.83. The fraction of sp³-hybridized carbons (Fsp3) is 0.158. The molecule has 3 aromatic rings. The summed E-state index contributed by atoms with van der Waals surface area (Å²) in [5.74, 6) is 0. The number of rotatable bonds is 2. The predicted molar refractivity (Wildman–Crippen MR) is 87.1 cm³/mol. The Balaban J connectivity index is 2.06. The first-order valence-electron chi connectivity index (χ1n) is 7.12. The van der Waals surface area contributed by atoms with Gasteiger partial charge in [0.15, 0.2) is 0 Å². The predicted octanol–water partition coefficient (Wildman–Crippen LogP) is 4.74. The average Bonchev–Trinajstić information content (AvgIpc) is 2.49. The standard InChI is InChI=1S/C19H18N2/c1-13-11-17(16-7-5-4-6-8-16)9-10-18(13)19-15(3)21-14(2)12-20-19/h4-12H,1-3H3. The van der Waals surface area contributed by atoms with Crippen molar-refractivity contribution >= 4 is 0 Å². The van der Waals surface area contributed by atoms with Crippen LogP contribution in [0.2, 0.25) is 0 Å². The van der Waals surface area contributed by atoms with Crippen LogP contribution in [0.15, 0.2) is 54.7 Å². The summed E-state index contributed by atoms with van der Waals surface area (Å²) in [5, 5.41) is 0. The Morgan fingerprint density at radius 3 is 2.24 bits per heavy atom. The van der Waals surface area contributed by atoms with Gasteiger partial charge in [-0.05, 0) is 37.5 Å². The first kappa shape index (κ1) is 13.5. The number of hydrogen-bond donors (Lipinski definition) is 0. The highest BCUT2D eigenvalue weighted by Crippen LogP contribution is 2.28. The lowest BCUT2D eigenvalue weighted by Crippen LogP contribution is -1.96. The zero-order valence-corrected chi connectivity index (χ0v) is 12.6. The molecule has 0 aliphatic rings. The largest absolute Gasteiger partial charge is 0.255 e. The van der Waals surface area contributed by atoms with Gasteiger partial charge in [-0.3, -0.25) is 9.97 Å². The van der Waals surface area contributed by atoms with E-state index in [2.05, 4.69) is 59.4 Å². The highest BCUT2D eigenvalue weighted by atomic mass is 14.8. The SMILES string of the molecule is Cc1cnc(-c2ccc(-c3ccccc3)cc2C)c(C)n1. The van der Waals surface area contributed by atoms with E-state index in [-0.39, 0.29) is 0 Å². The van der Waals surface area contributed by atoms with Crippen molar-refractivity contribution in [2.24, 2.45) is 0 Å². The molecule has 21 heavy (non-hydrogen) atoms.